The molecule has 142 valence electrons. The summed E-state index contributed by atoms with van der Waals surface area (Å²) in [5, 5.41) is 14.3. The second-order valence-corrected chi connectivity index (χ2v) is 7.13. The average molecular weight is 347 g/mol. The lowest BCUT2D eigenvalue weighted by Gasteiger charge is -2.12. The lowest BCUT2D eigenvalue weighted by Crippen LogP contribution is -2.22. The third-order valence-corrected chi connectivity index (χ3v) is 4.82. The molecule has 1 N–H and O–H groups in total. The van der Waals surface area contributed by atoms with Crippen LogP contribution in [0.25, 0.3) is 0 Å². The summed E-state index contributed by atoms with van der Waals surface area (Å²) in [4.78, 5) is 10.9. The zero-order valence-corrected chi connectivity index (χ0v) is 16.2. The standard InChI is InChI=1S/C22H37NO2/c1-3-4-5-6-7-8-9-10-11-12-13-14-17-23-21-18-20(22(24)25)16-15-19(21)2/h15-16,18,23H,3-14,17H2,1-2H3,(H,24,25)/p-1. The number of rotatable bonds is 15. The molecule has 0 spiro atoms. The van der Waals surface area contributed by atoms with Gasteiger partial charge in [-0.1, -0.05) is 89.7 Å². The van der Waals surface area contributed by atoms with Crippen molar-refractivity contribution in [2.24, 2.45) is 0 Å². The van der Waals surface area contributed by atoms with Crippen molar-refractivity contribution in [2.45, 2.75) is 90.9 Å². The zero-order chi connectivity index (χ0) is 18.3. The van der Waals surface area contributed by atoms with E-state index in [1.807, 2.05) is 13.0 Å². The number of unbranched alkanes of at least 4 members (excludes halogenated alkanes) is 11. The number of aryl methyl sites for hydroxylation is 1. The molecule has 0 saturated carbocycles. The van der Waals surface area contributed by atoms with Crippen LogP contribution in [-0.2, 0) is 0 Å². The van der Waals surface area contributed by atoms with Gasteiger partial charge in [0.1, 0.15) is 0 Å². The van der Waals surface area contributed by atoms with Gasteiger partial charge in [-0.2, -0.15) is 0 Å². The van der Waals surface area contributed by atoms with Crippen LogP contribution in [0, 0.1) is 6.92 Å². The van der Waals surface area contributed by atoms with Gasteiger partial charge in [0.15, 0.2) is 0 Å². The van der Waals surface area contributed by atoms with E-state index in [4.69, 9.17) is 0 Å². The Morgan fingerprint density at radius 1 is 0.880 bits per heavy atom. The van der Waals surface area contributed by atoms with Crippen LogP contribution in [-0.4, -0.2) is 12.5 Å². The summed E-state index contributed by atoms with van der Waals surface area (Å²) in [5.74, 6) is -1.12. The van der Waals surface area contributed by atoms with Crippen molar-refractivity contribution in [3.63, 3.8) is 0 Å². The van der Waals surface area contributed by atoms with Gasteiger partial charge in [-0.25, -0.2) is 0 Å². The molecule has 0 aliphatic carbocycles. The highest BCUT2D eigenvalue weighted by Gasteiger charge is 2.01. The average Bonchev–Trinajstić information content (AvgIpc) is 2.60. The molecule has 3 heteroatoms. The third kappa shape index (κ3) is 10.2. The van der Waals surface area contributed by atoms with Crippen LogP contribution in [0.2, 0.25) is 0 Å². The van der Waals surface area contributed by atoms with E-state index in [0.717, 1.165) is 24.2 Å². The molecule has 0 amide bonds. The molecule has 1 aromatic carbocycles. The number of carboxylic acids is 1. The number of nitrogens with one attached hydrogen (secondary N) is 1. The highest BCUT2D eigenvalue weighted by Crippen LogP contribution is 2.17. The number of aromatic carboxylic acids is 1. The van der Waals surface area contributed by atoms with Crippen molar-refractivity contribution in [1.29, 1.82) is 0 Å². The highest BCUT2D eigenvalue weighted by atomic mass is 16.4. The molecule has 25 heavy (non-hydrogen) atoms. The number of carbonyl (C=O) groups excluding carboxylic acids is 1. The topological polar surface area (TPSA) is 52.2 Å². The molecule has 0 bridgehead atoms. The maximum absolute atomic E-state index is 10.9. The van der Waals surface area contributed by atoms with Crippen molar-refractivity contribution in [2.75, 3.05) is 11.9 Å². The van der Waals surface area contributed by atoms with Gasteiger partial charge in [0, 0.05) is 12.2 Å². The minimum atomic E-state index is -1.12. The number of anilines is 1. The molecule has 0 atom stereocenters. The maximum Gasteiger partial charge on any atom is 0.0716 e. The van der Waals surface area contributed by atoms with E-state index < -0.39 is 5.97 Å². The Hall–Kier alpha value is -1.51. The van der Waals surface area contributed by atoms with Gasteiger partial charge >= 0.3 is 0 Å². The Bertz CT molecular complexity index is 485. The minimum absolute atomic E-state index is 0.239. The third-order valence-electron chi connectivity index (χ3n) is 4.82. The molecular weight excluding hydrogens is 310 g/mol. The van der Waals surface area contributed by atoms with Crippen LogP contribution in [0.4, 0.5) is 5.69 Å². The van der Waals surface area contributed by atoms with Gasteiger partial charge in [-0.05, 0) is 30.5 Å². The van der Waals surface area contributed by atoms with Gasteiger partial charge in [-0.3, -0.25) is 0 Å². The van der Waals surface area contributed by atoms with Gasteiger partial charge in [0.2, 0.25) is 0 Å². The van der Waals surface area contributed by atoms with Gasteiger partial charge < -0.3 is 15.2 Å². The molecule has 1 aromatic rings. The van der Waals surface area contributed by atoms with Gasteiger partial charge in [-0.15, -0.1) is 0 Å². The van der Waals surface area contributed by atoms with E-state index >= 15 is 0 Å². The van der Waals surface area contributed by atoms with Crippen molar-refractivity contribution >= 4 is 11.7 Å². The first kappa shape index (κ1) is 21.5. The first-order chi connectivity index (χ1) is 12.1. The van der Waals surface area contributed by atoms with Crippen LogP contribution < -0.4 is 10.4 Å². The zero-order valence-electron chi connectivity index (χ0n) is 16.2. The summed E-state index contributed by atoms with van der Waals surface area (Å²) < 4.78 is 0. The SMILES string of the molecule is CCCCCCCCCCCCCCNc1cc(C(=O)[O-])ccc1C. The summed E-state index contributed by atoms with van der Waals surface area (Å²) in [6.45, 7) is 5.15. The molecule has 0 unspecified atom stereocenters. The lowest BCUT2D eigenvalue weighted by atomic mass is 10.1. The largest absolute Gasteiger partial charge is 0.545 e. The molecule has 1 rings (SSSR count). The van der Waals surface area contributed by atoms with Crippen LogP contribution in [0.3, 0.4) is 0 Å². The fourth-order valence-corrected chi connectivity index (χ4v) is 3.13. The van der Waals surface area contributed by atoms with E-state index in [-0.39, 0.29) is 5.56 Å². The van der Waals surface area contributed by atoms with Crippen molar-refractivity contribution < 1.29 is 9.90 Å². The fraction of sp³-hybridized carbons (Fsp3) is 0.682. The van der Waals surface area contributed by atoms with Crippen molar-refractivity contribution in [1.82, 2.24) is 0 Å². The summed E-state index contributed by atoms with van der Waals surface area (Å²) in [6, 6.07) is 5.10. The molecule has 0 radical (unpaired) electrons. The molecule has 0 saturated heterocycles. The monoisotopic (exact) mass is 346 g/mol. The number of carboxylic acid groups (broad SMARTS) is 1. The first-order valence-electron chi connectivity index (χ1n) is 10.2. The Morgan fingerprint density at radius 2 is 1.40 bits per heavy atom. The van der Waals surface area contributed by atoms with Crippen LogP contribution in [0.15, 0.2) is 18.2 Å². The van der Waals surface area contributed by atoms with Crippen molar-refractivity contribution in [3.8, 4) is 0 Å². The Kier molecular flexibility index (Phi) is 11.8. The predicted octanol–water partition coefficient (Wildman–Crippen LogP) is 5.47. The smallest absolute Gasteiger partial charge is 0.0716 e. The molecule has 0 heterocycles. The molecular formula is C22H36NO2-. The Morgan fingerprint density at radius 3 is 1.92 bits per heavy atom. The van der Waals surface area contributed by atoms with Crippen LogP contribution in [0.5, 0.6) is 0 Å². The molecule has 0 aromatic heterocycles. The molecule has 0 aliphatic rings. The van der Waals surface area contributed by atoms with E-state index in [2.05, 4.69) is 12.2 Å². The lowest BCUT2D eigenvalue weighted by molar-refractivity contribution is -0.255. The van der Waals surface area contributed by atoms with Crippen LogP contribution in [0.1, 0.15) is 99.9 Å². The number of hydrogen-bond acceptors (Lipinski definition) is 3. The van der Waals surface area contributed by atoms with Gasteiger partial charge in [0.05, 0.1) is 5.97 Å². The summed E-state index contributed by atoms with van der Waals surface area (Å²) in [7, 11) is 0. The first-order valence-corrected chi connectivity index (χ1v) is 10.2. The van der Waals surface area contributed by atoms with E-state index in [1.54, 1.807) is 12.1 Å². The minimum Gasteiger partial charge on any atom is -0.545 e. The second kappa shape index (κ2) is 13.7. The Balaban J connectivity index is 1.99. The quantitative estimate of drug-likeness (QED) is 0.428. The summed E-state index contributed by atoms with van der Waals surface area (Å²) in [6.07, 6.45) is 16.1. The molecule has 3 nitrogen and oxygen atoms in total. The normalized spacial score (nSPS) is 10.8. The summed E-state index contributed by atoms with van der Waals surface area (Å²) >= 11 is 0. The van der Waals surface area contributed by atoms with Crippen molar-refractivity contribution in [3.05, 3.63) is 29.3 Å². The number of hydrogen-bond donors (Lipinski definition) is 1. The van der Waals surface area contributed by atoms with E-state index in [9.17, 15) is 9.90 Å². The summed E-state index contributed by atoms with van der Waals surface area (Å²) in [5.41, 5.74) is 2.22. The fourth-order valence-electron chi connectivity index (χ4n) is 3.13. The number of carbonyl (C=O) groups is 1. The number of benzene rings is 1. The highest BCUT2D eigenvalue weighted by molar-refractivity contribution is 5.87. The predicted molar refractivity (Wildman–Crippen MR) is 105 cm³/mol. The van der Waals surface area contributed by atoms with Crippen LogP contribution >= 0.6 is 0 Å². The molecule has 0 aliphatic heterocycles. The Labute approximate surface area is 154 Å². The maximum atomic E-state index is 10.9. The second-order valence-electron chi connectivity index (χ2n) is 7.13. The van der Waals surface area contributed by atoms with Gasteiger partial charge in [0.25, 0.3) is 0 Å². The molecule has 0 fully saturated rings. The van der Waals surface area contributed by atoms with E-state index in [1.165, 1.54) is 70.6 Å². The van der Waals surface area contributed by atoms with E-state index in [0.29, 0.717) is 0 Å².